The molecule has 0 spiro atoms. The van der Waals surface area contributed by atoms with Gasteiger partial charge >= 0.3 is 51.6 Å². The van der Waals surface area contributed by atoms with E-state index in [1.165, 1.54) is 14.8 Å². The van der Waals surface area contributed by atoms with Crippen LogP contribution in [0.4, 0.5) is 0 Å². The molecule has 0 heterocycles. The molecular weight excluding hydrogens is 414 g/mol. The van der Waals surface area contributed by atoms with E-state index in [0.717, 1.165) is 16.7 Å². The van der Waals surface area contributed by atoms with Crippen molar-refractivity contribution in [2.75, 3.05) is 0 Å². The van der Waals surface area contributed by atoms with Gasteiger partial charge < -0.3 is 11.8 Å². The molecule has 1 nitrogen and oxygen atoms in total. The summed E-state index contributed by atoms with van der Waals surface area (Å²) >= 11 is 3.62. The molecule has 0 atom stereocenters. The molecule has 0 amide bonds. The Kier molecular flexibility index (Phi) is 19.8. The van der Waals surface area contributed by atoms with Gasteiger partial charge in [0.1, 0.15) is 0 Å². The van der Waals surface area contributed by atoms with Crippen LogP contribution in [0.25, 0.3) is 5.57 Å². The summed E-state index contributed by atoms with van der Waals surface area (Å²) in [7, 11) is 0. The molecule has 0 bridgehead atoms. The van der Waals surface area contributed by atoms with Crippen molar-refractivity contribution in [2.24, 2.45) is 0 Å². The van der Waals surface area contributed by atoms with Crippen LogP contribution in [-0.4, -0.2) is 0 Å². The molecule has 1 rings (SSSR count). The Bertz CT molecular complexity index is 322. The number of benzene rings is 1. The fraction of sp³-hybridized carbons (Fsp3) is 0. The van der Waals surface area contributed by atoms with Gasteiger partial charge in [-0.1, -0.05) is 35.9 Å². The average molecular weight is 425 g/mol. The fourth-order valence-electron chi connectivity index (χ4n) is 0.843. The third-order valence-electron chi connectivity index (χ3n) is 1.55. The van der Waals surface area contributed by atoms with E-state index in [1.54, 1.807) is 0 Å². The maximum absolute atomic E-state index is 6.25. The Hall–Kier alpha value is -0.0671. The van der Waals surface area contributed by atoms with Crippen molar-refractivity contribution in [3.8, 4) is 0 Å². The zero-order chi connectivity index (χ0) is 12.3. The summed E-state index contributed by atoms with van der Waals surface area (Å²) in [5.74, 6) is 0. The van der Waals surface area contributed by atoms with Gasteiger partial charge in [0, 0.05) is 0 Å². The molecule has 0 aliphatic rings. The number of halogens is 1. The summed E-state index contributed by atoms with van der Waals surface area (Å²) in [5, 5.41) is 6.25. The monoisotopic (exact) mass is 423 g/mol. The summed E-state index contributed by atoms with van der Waals surface area (Å²) in [6, 6.07) is 9.92. The molecule has 0 aromatic heterocycles. The number of nitrogens with zero attached hydrogens (tertiary/aromatic N) is 1. The SMILES string of the molecule is C=C([CH2-])C(=C)c1ccccc1.[C-]#N.[Cu+].[Zn+][I]. The zero-order valence-electron chi connectivity index (χ0n) is 8.84. The molecule has 0 N–H and O–H groups in total. The van der Waals surface area contributed by atoms with Crippen molar-refractivity contribution in [1.82, 2.24) is 0 Å². The molecule has 4 heteroatoms. The van der Waals surface area contributed by atoms with Crippen LogP contribution in [0.1, 0.15) is 5.56 Å². The van der Waals surface area contributed by atoms with E-state index < -0.39 is 0 Å². The van der Waals surface area contributed by atoms with Crippen LogP contribution in [0.15, 0.2) is 49.1 Å². The van der Waals surface area contributed by atoms with Crippen LogP contribution < -0.4 is 0 Å². The zero-order valence-corrected chi connectivity index (χ0v) is 14.9. The van der Waals surface area contributed by atoms with Crippen LogP contribution in [-0.2, 0) is 31.9 Å². The van der Waals surface area contributed by atoms with Crippen molar-refractivity contribution in [3.63, 3.8) is 0 Å². The quantitative estimate of drug-likeness (QED) is 0.304. The summed E-state index contributed by atoms with van der Waals surface area (Å²) in [6.07, 6.45) is 0. The summed E-state index contributed by atoms with van der Waals surface area (Å²) in [6.45, 7) is 16.1. The second kappa shape index (κ2) is 14.9. The van der Waals surface area contributed by atoms with Gasteiger partial charge in [-0.05, 0) is 0 Å². The summed E-state index contributed by atoms with van der Waals surface area (Å²) < 4.78 is 0. The van der Waals surface area contributed by atoms with Crippen LogP contribution in [0, 0.1) is 18.8 Å². The van der Waals surface area contributed by atoms with E-state index in [1.807, 2.05) is 30.3 Å². The van der Waals surface area contributed by atoms with Gasteiger partial charge in [-0.2, -0.15) is 19.1 Å². The Balaban J connectivity index is -0.000000305. The van der Waals surface area contributed by atoms with Crippen LogP contribution >= 0.6 is 19.8 Å². The van der Waals surface area contributed by atoms with E-state index in [0.29, 0.717) is 0 Å². The first-order valence-corrected chi connectivity index (χ1v) is 13.0. The molecule has 0 saturated carbocycles. The Morgan fingerprint density at radius 2 is 1.56 bits per heavy atom. The van der Waals surface area contributed by atoms with Gasteiger partial charge in [0.2, 0.25) is 0 Å². The minimum absolute atomic E-state index is 0. The third-order valence-corrected chi connectivity index (χ3v) is 1.55. The van der Waals surface area contributed by atoms with Gasteiger partial charge in [-0.15, -0.1) is 12.2 Å². The van der Waals surface area contributed by atoms with Crippen molar-refractivity contribution < 1.29 is 31.9 Å². The van der Waals surface area contributed by atoms with Gasteiger partial charge in [0.05, 0.1) is 0 Å². The first-order valence-electron chi connectivity index (χ1n) is 3.96. The second-order valence-electron chi connectivity index (χ2n) is 2.45. The van der Waals surface area contributed by atoms with Crippen molar-refractivity contribution in [2.45, 2.75) is 0 Å². The Morgan fingerprint density at radius 3 is 1.88 bits per heavy atom. The Labute approximate surface area is 129 Å². The number of rotatable bonds is 2. The van der Waals surface area contributed by atoms with Crippen LogP contribution in [0.3, 0.4) is 0 Å². The van der Waals surface area contributed by atoms with Crippen molar-refractivity contribution >= 4 is 25.3 Å². The first-order chi connectivity index (χ1) is 7.22. The molecular formula is C12H11CuINZn. The van der Waals surface area contributed by atoms with E-state index in [4.69, 9.17) is 11.8 Å². The second-order valence-corrected chi connectivity index (χ2v) is 2.45. The topological polar surface area (TPSA) is 23.8 Å². The summed E-state index contributed by atoms with van der Waals surface area (Å²) in [5.41, 5.74) is 2.77. The normalized spacial score (nSPS) is 6.81. The number of hydrogen-bond donors (Lipinski definition) is 0. The average Bonchev–Trinajstić information content (AvgIpc) is 2.34. The van der Waals surface area contributed by atoms with Crippen molar-refractivity contribution in [3.05, 3.63) is 68.1 Å². The fourth-order valence-corrected chi connectivity index (χ4v) is 0.843. The van der Waals surface area contributed by atoms with Crippen molar-refractivity contribution in [1.29, 1.82) is 5.26 Å². The van der Waals surface area contributed by atoms with E-state index >= 15 is 0 Å². The van der Waals surface area contributed by atoms with Gasteiger partial charge in [-0.3, -0.25) is 0 Å². The van der Waals surface area contributed by atoms with Crippen LogP contribution in [0.5, 0.6) is 0 Å². The molecule has 0 radical (unpaired) electrons. The number of allylic oxidation sites excluding steroid dienone is 2. The van der Waals surface area contributed by atoms with Gasteiger partial charge in [-0.25, -0.2) is 0 Å². The molecule has 16 heavy (non-hydrogen) atoms. The standard InChI is InChI=1S/C11H11.CN.Cu.HI.Zn/c1-9(2)10(3)11-7-5-4-6-8-11;1-2;;;/h4-8H,1-3H2;;;1H;/q2*-1;+1;;+2/p-1. The molecule has 84 valence electrons. The van der Waals surface area contributed by atoms with E-state index in [2.05, 4.69) is 39.8 Å². The number of hydrogen-bond acceptors (Lipinski definition) is 1. The van der Waals surface area contributed by atoms with E-state index in [9.17, 15) is 0 Å². The van der Waals surface area contributed by atoms with E-state index in [-0.39, 0.29) is 17.1 Å². The molecule has 0 fully saturated rings. The molecule has 0 unspecified atom stereocenters. The molecule has 1 aromatic carbocycles. The van der Waals surface area contributed by atoms with Gasteiger partial charge in [0.25, 0.3) is 0 Å². The molecule has 1 aromatic rings. The minimum atomic E-state index is 0. The Morgan fingerprint density at radius 1 is 1.19 bits per heavy atom. The first kappa shape index (κ1) is 21.2. The molecule has 0 aliphatic carbocycles. The molecule has 0 aliphatic heterocycles. The third kappa shape index (κ3) is 9.18. The van der Waals surface area contributed by atoms with Crippen LogP contribution in [0.2, 0.25) is 0 Å². The predicted octanol–water partition coefficient (Wildman–Crippen LogP) is 4.07. The maximum atomic E-state index is 6.25. The van der Waals surface area contributed by atoms with Gasteiger partial charge in [0.15, 0.2) is 0 Å². The summed E-state index contributed by atoms with van der Waals surface area (Å²) in [4.78, 5) is 0. The molecule has 0 saturated heterocycles. The predicted molar refractivity (Wildman–Crippen MR) is 69.0 cm³/mol.